The summed E-state index contributed by atoms with van der Waals surface area (Å²) >= 11 is 0. The SMILES string of the molecule is CO[C@@H](C)c1ccc(N)cc1. The minimum atomic E-state index is 0.149. The van der Waals surface area contributed by atoms with Gasteiger partial charge in [-0.2, -0.15) is 0 Å². The van der Waals surface area contributed by atoms with Gasteiger partial charge in [-0.3, -0.25) is 0 Å². The van der Waals surface area contributed by atoms with Crippen molar-refractivity contribution in [1.29, 1.82) is 0 Å². The molecule has 0 saturated carbocycles. The van der Waals surface area contributed by atoms with E-state index in [2.05, 4.69) is 0 Å². The van der Waals surface area contributed by atoms with E-state index in [1.165, 1.54) is 0 Å². The molecule has 1 aromatic rings. The van der Waals surface area contributed by atoms with Crippen LogP contribution in [0.1, 0.15) is 18.6 Å². The molecule has 0 radical (unpaired) electrons. The summed E-state index contributed by atoms with van der Waals surface area (Å²) in [7, 11) is 1.70. The number of ether oxygens (including phenoxy) is 1. The molecule has 0 aliphatic carbocycles. The third kappa shape index (κ3) is 1.95. The van der Waals surface area contributed by atoms with E-state index in [9.17, 15) is 0 Å². The molecule has 60 valence electrons. The molecular weight excluding hydrogens is 138 g/mol. The predicted molar refractivity (Wildman–Crippen MR) is 46.3 cm³/mol. The molecule has 0 unspecified atom stereocenters. The molecule has 0 aliphatic heterocycles. The first-order valence-corrected chi connectivity index (χ1v) is 3.62. The van der Waals surface area contributed by atoms with Gasteiger partial charge in [0.2, 0.25) is 0 Å². The highest BCUT2D eigenvalue weighted by Gasteiger charge is 2.00. The van der Waals surface area contributed by atoms with Crippen LogP contribution in [0, 0.1) is 0 Å². The van der Waals surface area contributed by atoms with E-state index in [0.29, 0.717) is 0 Å². The predicted octanol–water partition coefficient (Wildman–Crippen LogP) is 1.98. The lowest BCUT2D eigenvalue weighted by atomic mass is 10.1. The normalized spacial score (nSPS) is 12.9. The van der Waals surface area contributed by atoms with Gasteiger partial charge in [0.15, 0.2) is 0 Å². The van der Waals surface area contributed by atoms with Gasteiger partial charge in [-0.1, -0.05) is 12.1 Å². The van der Waals surface area contributed by atoms with Gasteiger partial charge >= 0.3 is 0 Å². The highest BCUT2D eigenvalue weighted by atomic mass is 16.5. The van der Waals surface area contributed by atoms with Crippen molar-refractivity contribution in [2.45, 2.75) is 13.0 Å². The monoisotopic (exact) mass is 151 g/mol. The average molecular weight is 151 g/mol. The van der Waals surface area contributed by atoms with E-state index >= 15 is 0 Å². The van der Waals surface area contributed by atoms with Crippen molar-refractivity contribution < 1.29 is 4.74 Å². The number of benzene rings is 1. The molecule has 0 spiro atoms. The zero-order chi connectivity index (χ0) is 8.27. The summed E-state index contributed by atoms with van der Waals surface area (Å²) in [5.74, 6) is 0. The van der Waals surface area contributed by atoms with Gasteiger partial charge in [0, 0.05) is 12.8 Å². The van der Waals surface area contributed by atoms with Crippen LogP contribution in [0.25, 0.3) is 0 Å². The molecule has 1 atom stereocenters. The van der Waals surface area contributed by atoms with Crippen LogP contribution in [0.3, 0.4) is 0 Å². The summed E-state index contributed by atoms with van der Waals surface area (Å²) in [5, 5.41) is 0. The third-order valence-electron chi connectivity index (χ3n) is 1.76. The lowest BCUT2D eigenvalue weighted by Crippen LogP contribution is -1.95. The van der Waals surface area contributed by atoms with Gasteiger partial charge in [-0.15, -0.1) is 0 Å². The second kappa shape index (κ2) is 3.39. The van der Waals surface area contributed by atoms with E-state index in [0.717, 1.165) is 11.3 Å². The molecule has 2 heteroatoms. The van der Waals surface area contributed by atoms with Crippen LogP contribution in [0.2, 0.25) is 0 Å². The molecule has 1 rings (SSSR count). The number of anilines is 1. The van der Waals surface area contributed by atoms with E-state index in [4.69, 9.17) is 10.5 Å². The Labute approximate surface area is 67.0 Å². The van der Waals surface area contributed by atoms with Gasteiger partial charge in [0.25, 0.3) is 0 Å². The van der Waals surface area contributed by atoms with Crippen LogP contribution in [0.4, 0.5) is 5.69 Å². The van der Waals surface area contributed by atoms with Crippen LogP contribution in [-0.4, -0.2) is 7.11 Å². The fourth-order valence-corrected chi connectivity index (χ4v) is 0.903. The summed E-state index contributed by atoms with van der Waals surface area (Å²) in [5.41, 5.74) is 7.47. The first kappa shape index (κ1) is 8.08. The van der Waals surface area contributed by atoms with Gasteiger partial charge in [-0.25, -0.2) is 0 Å². The molecule has 1 aromatic carbocycles. The average Bonchev–Trinajstić information content (AvgIpc) is 2.05. The van der Waals surface area contributed by atoms with Crippen LogP contribution < -0.4 is 5.73 Å². The van der Waals surface area contributed by atoms with Crippen molar-refractivity contribution in [3.05, 3.63) is 29.8 Å². The Morgan fingerprint density at radius 3 is 2.27 bits per heavy atom. The minimum absolute atomic E-state index is 0.149. The summed E-state index contributed by atoms with van der Waals surface area (Å²) < 4.78 is 5.14. The van der Waals surface area contributed by atoms with Crippen molar-refractivity contribution >= 4 is 5.69 Å². The highest BCUT2D eigenvalue weighted by Crippen LogP contribution is 2.16. The summed E-state index contributed by atoms with van der Waals surface area (Å²) in [6.07, 6.45) is 0.149. The molecule has 0 heterocycles. The number of nitrogen functional groups attached to an aromatic ring is 1. The van der Waals surface area contributed by atoms with Crippen molar-refractivity contribution in [3.8, 4) is 0 Å². The Kier molecular flexibility index (Phi) is 2.49. The second-order valence-electron chi connectivity index (χ2n) is 2.54. The molecule has 0 fully saturated rings. The van der Waals surface area contributed by atoms with Crippen LogP contribution >= 0.6 is 0 Å². The Hall–Kier alpha value is -1.02. The molecule has 0 bridgehead atoms. The minimum Gasteiger partial charge on any atom is -0.399 e. The molecule has 2 N–H and O–H groups in total. The molecule has 0 saturated heterocycles. The summed E-state index contributed by atoms with van der Waals surface area (Å²) in [6, 6.07) is 7.71. The Morgan fingerprint density at radius 2 is 1.82 bits per heavy atom. The maximum absolute atomic E-state index is 5.53. The number of hydrogen-bond acceptors (Lipinski definition) is 2. The Morgan fingerprint density at radius 1 is 1.27 bits per heavy atom. The number of hydrogen-bond donors (Lipinski definition) is 1. The maximum atomic E-state index is 5.53. The van der Waals surface area contributed by atoms with E-state index in [1.807, 2.05) is 31.2 Å². The number of methoxy groups -OCH3 is 1. The van der Waals surface area contributed by atoms with Crippen LogP contribution in [0.5, 0.6) is 0 Å². The van der Waals surface area contributed by atoms with Gasteiger partial charge in [-0.05, 0) is 24.6 Å². The molecular formula is C9H13NO. The number of nitrogens with two attached hydrogens (primary N) is 1. The zero-order valence-corrected chi connectivity index (χ0v) is 6.87. The highest BCUT2D eigenvalue weighted by molar-refractivity contribution is 5.39. The van der Waals surface area contributed by atoms with Crippen molar-refractivity contribution in [2.24, 2.45) is 0 Å². The first-order chi connectivity index (χ1) is 5.24. The number of rotatable bonds is 2. The first-order valence-electron chi connectivity index (χ1n) is 3.62. The fraction of sp³-hybridized carbons (Fsp3) is 0.333. The third-order valence-corrected chi connectivity index (χ3v) is 1.76. The van der Waals surface area contributed by atoms with E-state index in [-0.39, 0.29) is 6.10 Å². The lowest BCUT2D eigenvalue weighted by molar-refractivity contribution is 0.119. The largest absolute Gasteiger partial charge is 0.399 e. The molecule has 2 nitrogen and oxygen atoms in total. The van der Waals surface area contributed by atoms with Gasteiger partial charge in [0.05, 0.1) is 6.10 Å². The van der Waals surface area contributed by atoms with Gasteiger partial charge in [0.1, 0.15) is 0 Å². The second-order valence-corrected chi connectivity index (χ2v) is 2.54. The summed E-state index contributed by atoms with van der Waals surface area (Å²) in [4.78, 5) is 0. The molecule has 11 heavy (non-hydrogen) atoms. The standard InChI is InChI=1S/C9H13NO/c1-7(11-2)8-3-5-9(10)6-4-8/h3-7H,10H2,1-2H3/t7-/m0/s1. The lowest BCUT2D eigenvalue weighted by Gasteiger charge is -2.08. The molecule has 0 amide bonds. The maximum Gasteiger partial charge on any atom is 0.0793 e. The van der Waals surface area contributed by atoms with E-state index < -0.39 is 0 Å². The topological polar surface area (TPSA) is 35.2 Å². The molecule has 0 aliphatic rings. The van der Waals surface area contributed by atoms with Gasteiger partial charge < -0.3 is 10.5 Å². The van der Waals surface area contributed by atoms with Crippen molar-refractivity contribution in [1.82, 2.24) is 0 Å². The summed E-state index contributed by atoms with van der Waals surface area (Å²) in [6.45, 7) is 2.01. The fourth-order valence-electron chi connectivity index (χ4n) is 0.903. The zero-order valence-electron chi connectivity index (χ0n) is 6.87. The molecule has 0 aromatic heterocycles. The van der Waals surface area contributed by atoms with Crippen LogP contribution in [0.15, 0.2) is 24.3 Å². The van der Waals surface area contributed by atoms with Crippen molar-refractivity contribution in [3.63, 3.8) is 0 Å². The van der Waals surface area contributed by atoms with Crippen molar-refractivity contribution in [2.75, 3.05) is 12.8 Å². The Bertz CT molecular complexity index is 218. The van der Waals surface area contributed by atoms with E-state index in [1.54, 1.807) is 7.11 Å². The Balaban J connectivity index is 2.81. The quantitative estimate of drug-likeness (QED) is 0.656. The smallest absolute Gasteiger partial charge is 0.0793 e. The van der Waals surface area contributed by atoms with Crippen LogP contribution in [-0.2, 0) is 4.74 Å².